The van der Waals surface area contributed by atoms with Gasteiger partial charge in [0.15, 0.2) is 21.4 Å². The van der Waals surface area contributed by atoms with E-state index in [0.29, 0.717) is 18.6 Å². The van der Waals surface area contributed by atoms with Gasteiger partial charge in [0.2, 0.25) is 0 Å². The highest BCUT2D eigenvalue weighted by Crippen LogP contribution is 2.68. The average Bonchev–Trinajstić information content (AvgIpc) is 3.64. The van der Waals surface area contributed by atoms with E-state index >= 15 is 8.42 Å². The third-order valence-corrected chi connectivity index (χ3v) is 13.8. The molecule has 2 aromatic rings. The molecule has 268 valence electrons. The maximum absolute atomic E-state index is 15.2. The highest BCUT2D eigenvalue weighted by atomic mass is 32.2. The number of benzene rings is 2. The Kier molecular flexibility index (Phi) is 9.71. The van der Waals surface area contributed by atoms with Crippen molar-refractivity contribution in [3.05, 3.63) is 72.8 Å². The van der Waals surface area contributed by atoms with Crippen LogP contribution in [0.25, 0.3) is 0 Å². The maximum Gasteiger partial charge on any atom is 0.184 e. The first-order chi connectivity index (χ1) is 23.2. The van der Waals surface area contributed by atoms with E-state index in [-0.39, 0.29) is 36.6 Å². The largest absolute Gasteiger partial charge is 0.497 e. The lowest BCUT2D eigenvalue weighted by Gasteiger charge is -2.46. The van der Waals surface area contributed by atoms with Crippen molar-refractivity contribution < 1.29 is 46.4 Å². The number of Topliss-reactive ketones (excluding diaryl/α,β-unsaturated/α-hetero) is 1. The summed E-state index contributed by atoms with van der Waals surface area (Å²) in [5.41, 5.74) is -1.99. The van der Waals surface area contributed by atoms with Gasteiger partial charge in [-0.2, -0.15) is 0 Å². The van der Waals surface area contributed by atoms with Crippen LogP contribution in [-0.2, 0) is 49.7 Å². The number of methoxy groups -OCH3 is 2. The van der Waals surface area contributed by atoms with Gasteiger partial charge in [-0.25, -0.2) is 8.42 Å². The molecule has 1 spiro atoms. The fourth-order valence-electron chi connectivity index (χ4n) is 9.03. The van der Waals surface area contributed by atoms with Gasteiger partial charge in [0.05, 0.1) is 25.2 Å². The van der Waals surface area contributed by atoms with Crippen molar-refractivity contribution >= 4 is 15.6 Å². The molecule has 0 amide bonds. The molecule has 0 radical (unpaired) electrons. The molecule has 2 aliphatic carbocycles. The lowest BCUT2D eigenvalue weighted by molar-refractivity contribution is -0.210. The molecule has 2 saturated heterocycles. The highest BCUT2D eigenvalue weighted by Gasteiger charge is 2.78. The molecule has 0 N–H and O–H groups in total. The normalized spacial score (nSPS) is 35.4. The Balaban J connectivity index is 1.54. The summed E-state index contributed by atoms with van der Waals surface area (Å²) in [5, 5.41) is -1.20. The predicted octanol–water partition coefficient (Wildman–Crippen LogP) is 5.53. The molecule has 49 heavy (non-hydrogen) atoms. The summed E-state index contributed by atoms with van der Waals surface area (Å²) in [4.78, 5) is 15.1. The lowest BCUT2D eigenvalue weighted by Crippen LogP contribution is -2.62. The minimum atomic E-state index is -4.16. The van der Waals surface area contributed by atoms with Crippen molar-refractivity contribution in [3.8, 4) is 5.75 Å². The van der Waals surface area contributed by atoms with Gasteiger partial charge in [-0.3, -0.25) is 4.79 Å². The van der Waals surface area contributed by atoms with Crippen LogP contribution < -0.4 is 4.74 Å². The van der Waals surface area contributed by atoms with E-state index in [0.717, 1.165) is 5.56 Å². The Hall–Kier alpha value is -2.64. The number of carbonyl (C=O) groups excluding carboxylic acids is 1. The molecule has 2 saturated carbocycles. The first kappa shape index (κ1) is 36.2. The van der Waals surface area contributed by atoms with Crippen molar-refractivity contribution in [3.63, 3.8) is 0 Å². The molecule has 10 nitrogen and oxygen atoms in total. The number of epoxide rings is 1. The first-order valence-corrected chi connectivity index (χ1v) is 18.6. The summed E-state index contributed by atoms with van der Waals surface area (Å²) in [5.74, 6) is -2.75. The molecule has 2 bridgehead atoms. The summed E-state index contributed by atoms with van der Waals surface area (Å²) in [6.07, 6.45) is 0.399. The molecule has 0 aromatic heterocycles. The topological polar surface area (TPSA) is 119 Å². The zero-order valence-corrected chi connectivity index (χ0v) is 30.4. The number of hydrogen-bond donors (Lipinski definition) is 0. The van der Waals surface area contributed by atoms with Crippen molar-refractivity contribution in [2.45, 2.75) is 99.5 Å². The summed E-state index contributed by atoms with van der Waals surface area (Å²) in [7, 11) is -1.03. The van der Waals surface area contributed by atoms with E-state index in [4.69, 9.17) is 33.2 Å². The number of hydrogen-bond acceptors (Lipinski definition) is 10. The van der Waals surface area contributed by atoms with Crippen LogP contribution in [0.2, 0.25) is 0 Å². The van der Waals surface area contributed by atoms with Crippen molar-refractivity contribution in [2.24, 2.45) is 23.2 Å². The second-order valence-corrected chi connectivity index (χ2v) is 17.0. The first-order valence-electron chi connectivity index (χ1n) is 17.0. The van der Waals surface area contributed by atoms with E-state index in [1.165, 1.54) is 7.11 Å². The second-order valence-electron chi connectivity index (χ2n) is 14.9. The van der Waals surface area contributed by atoms with Crippen LogP contribution in [0.15, 0.2) is 72.1 Å². The Morgan fingerprint density at radius 2 is 1.73 bits per heavy atom. The number of ether oxygens (including phenoxy) is 7. The lowest BCUT2D eigenvalue weighted by atomic mass is 9.69. The van der Waals surface area contributed by atoms with Gasteiger partial charge in [-0.1, -0.05) is 57.2 Å². The molecular weight excluding hydrogens is 648 g/mol. The van der Waals surface area contributed by atoms with E-state index in [1.54, 1.807) is 64.3 Å². The fourth-order valence-corrected chi connectivity index (χ4v) is 11.3. The molecule has 9 atom stereocenters. The standard InChI is InChI=1S/C38H50O10S/c1-9-29(44-21-25-15-17-26(43-8)18-16-25)37(22-46-36(5,6)48-37)30-24(2)31(39)32(45-23-42-7)28-19-20-38(35(28,3)4)34(47-38)33(30)49(40,41)27-13-11-10-12-14-27/h9-18,24,28-30,32-34H,1,19-23H2,2-8H3/t24-,28?,29+,30+,32+,33-,34+,37-,38?/m0/s1. The van der Waals surface area contributed by atoms with Crippen LogP contribution in [0.4, 0.5) is 0 Å². The van der Waals surface area contributed by atoms with Crippen LogP contribution >= 0.6 is 0 Å². The van der Waals surface area contributed by atoms with Gasteiger partial charge < -0.3 is 33.2 Å². The number of rotatable bonds is 12. The van der Waals surface area contributed by atoms with E-state index < -0.39 is 67.6 Å². The molecule has 4 fully saturated rings. The number of sulfone groups is 1. The molecule has 4 aliphatic rings. The van der Waals surface area contributed by atoms with Gasteiger partial charge in [0.25, 0.3) is 0 Å². The van der Waals surface area contributed by atoms with E-state index in [1.807, 2.05) is 24.3 Å². The smallest absolute Gasteiger partial charge is 0.184 e. The molecule has 2 unspecified atom stereocenters. The van der Waals surface area contributed by atoms with E-state index in [2.05, 4.69) is 20.4 Å². The van der Waals surface area contributed by atoms with Crippen LogP contribution in [-0.4, -0.2) is 82.4 Å². The number of ketones is 1. The Labute approximate surface area is 290 Å². The van der Waals surface area contributed by atoms with Gasteiger partial charge in [0.1, 0.15) is 47.3 Å². The number of fused-ring (bicyclic) bond motifs is 1. The molecule has 11 heteroatoms. The Morgan fingerprint density at radius 3 is 2.33 bits per heavy atom. The predicted molar refractivity (Wildman–Crippen MR) is 182 cm³/mol. The monoisotopic (exact) mass is 698 g/mol. The number of carbonyl (C=O) groups is 1. The van der Waals surface area contributed by atoms with Crippen LogP contribution in [0.5, 0.6) is 5.75 Å². The Morgan fingerprint density at radius 1 is 1.04 bits per heavy atom. The van der Waals surface area contributed by atoms with Crippen molar-refractivity contribution in [1.82, 2.24) is 0 Å². The zero-order chi connectivity index (χ0) is 35.4. The quantitative estimate of drug-likeness (QED) is 0.159. The fraction of sp³-hybridized carbons (Fsp3) is 0.605. The highest BCUT2D eigenvalue weighted by molar-refractivity contribution is 7.92. The van der Waals surface area contributed by atoms with Crippen LogP contribution in [0.3, 0.4) is 0 Å². The van der Waals surface area contributed by atoms with E-state index in [9.17, 15) is 4.79 Å². The summed E-state index contributed by atoms with van der Waals surface area (Å²) < 4.78 is 73.8. The minimum Gasteiger partial charge on any atom is -0.497 e. The molecule has 6 rings (SSSR count). The van der Waals surface area contributed by atoms with Gasteiger partial charge in [0, 0.05) is 30.3 Å². The molecule has 2 aromatic carbocycles. The van der Waals surface area contributed by atoms with Gasteiger partial charge in [-0.15, -0.1) is 6.58 Å². The van der Waals surface area contributed by atoms with Gasteiger partial charge >= 0.3 is 0 Å². The summed E-state index contributed by atoms with van der Waals surface area (Å²) >= 11 is 0. The van der Waals surface area contributed by atoms with Crippen LogP contribution in [0, 0.1) is 23.2 Å². The molecule has 2 heterocycles. The maximum atomic E-state index is 15.2. The zero-order valence-electron chi connectivity index (χ0n) is 29.5. The second kappa shape index (κ2) is 13.2. The molecular formula is C38H50O10S. The summed E-state index contributed by atoms with van der Waals surface area (Å²) in [6, 6.07) is 15.9. The van der Waals surface area contributed by atoms with Crippen LogP contribution in [0.1, 0.15) is 53.0 Å². The summed E-state index contributed by atoms with van der Waals surface area (Å²) in [6.45, 7) is 13.7. The van der Waals surface area contributed by atoms with Crippen molar-refractivity contribution in [2.75, 3.05) is 27.6 Å². The third-order valence-electron chi connectivity index (χ3n) is 11.6. The molecule has 2 aliphatic heterocycles. The Bertz CT molecular complexity index is 1620. The minimum absolute atomic E-state index is 0.0431. The van der Waals surface area contributed by atoms with Gasteiger partial charge in [-0.05, 0) is 56.5 Å². The average molecular weight is 699 g/mol. The third kappa shape index (κ3) is 5.99. The SMILES string of the molecule is C=C[C@@H](OCc1ccc(OC)cc1)[C@]1([C@H]2[C@H](S(=O)(=O)c3ccccc3)[C@H]3OC34CCC([C@@H](OCOC)C(=O)[C@H]2C)C4(C)C)COC(C)(C)O1. The van der Waals surface area contributed by atoms with Crippen molar-refractivity contribution in [1.29, 1.82) is 0 Å².